The zero-order valence-corrected chi connectivity index (χ0v) is 5.51. The van der Waals surface area contributed by atoms with Gasteiger partial charge in [-0.3, -0.25) is 0 Å². The summed E-state index contributed by atoms with van der Waals surface area (Å²) in [6.07, 6.45) is 0. The Morgan fingerprint density at radius 3 is 1.60 bits per heavy atom. The molecule has 0 saturated heterocycles. The summed E-state index contributed by atoms with van der Waals surface area (Å²) in [5, 5.41) is 2.87. The second-order valence-electron chi connectivity index (χ2n) is 0.677. The van der Waals surface area contributed by atoms with E-state index < -0.39 is 0 Å². The summed E-state index contributed by atoms with van der Waals surface area (Å²) in [5.74, 6) is 0. The molecule has 0 N–H and O–H groups in total. The summed E-state index contributed by atoms with van der Waals surface area (Å²) >= 11 is 0.769. The van der Waals surface area contributed by atoms with Crippen LogP contribution in [0.15, 0.2) is 0 Å². The third-order valence-electron chi connectivity index (χ3n) is 0.354. The maximum absolute atomic E-state index is 2.25. The van der Waals surface area contributed by atoms with Gasteiger partial charge in [-0.25, -0.2) is 0 Å². The molecule has 0 amide bonds. The zero-order chi connectivity index (χ0) is 4.12. The standard InChI is InChI=1S/2C2H5.Ru/c2*1-2;/h2*1H2,2H3;. The molecule has 0 spiro atoms. The van der Waals surface area contributed by atoms with Crippen LogP contribution < -0.4 is 0 Å². The van der Waals surface area contributed by atoms with Crippen molar-refractivity contribution in [2.45, 2.75) is 23.9 Å². The Kier molecular flexibility index (Phi) is 5.20. The van der Waals surface area contributed by atoms with Crippen LogP contribution in [0.2, 0.25) is 10.0 Å². The molecule has 0 aromatic carbocycles. The molecule has 0 atom stereocenters. The molecule has 0 aromatic heterocycles. The number of hydrogen-bond acceptors (Lipinski definition) is 0. The van der Waals surface area contributed by atoms with Crippen LogP contribution in [0.4, 0.5) is 0 Å². The van der Waals surface area contributed by atoms with Crippen LogP contribution in [0.1, 0.15) is 13.8 Å². The van der Waals surface area contributed by atoms with E-state index in [0.29, 0.717) is 0 Å². The van der Waals surface area contributed by atoms with Gasteiger partial charge in [0.15, 0.2) is 0 Å². The first kappa shape index (κ1) is 5.62. The van der Waals surface area contributed by atoms with E-state index in [1.54, 1.807) is 0 Å². The van der Waals surface area contributed by atoms with Gasteiger partial charge in [-0.05, 0) is 0 Å². The van der Waals surface area contributed by atoms with E-state index in [1.807, 2.05) is 0 Å². The summed E-state index contributed by atoms with van der Waals surface area (Å²) in [4.78, 5) is 0. The molecule has 34 valence electrons. The molecule has 0 aliphatic heterocycles. The van der Waals surface area contributed by atoms with Gasteiger partial charge in [0.25, 0.3) is 0 Å². The zero-order valence-electron chi connectivity index (χ0n) is 3.77. The van der Waals surface area contributed by atoms with Crippen molar-refractivity contribution in [1.29, 1.82) is 0 Å². The molecular formula is C4H10Ru. The van der Waals surface area contributed by atoms with Crippen LogP contribution in [0.3, 0.4) is 0 Å². The summed E-state index contributed by atoms with van der Waals surface area (Å²) in [6, 6.07) is 0. The van der Waals surface area contributed by atoms with Gasteiger partial charge in [-0.1, -0.05) is 0 Å². The Labute approximate surface area is 41.6 Å². The maximum atomic E-state index is 2.25. The van der Waals surface area contributed by atoms with E-state index >= 15 is 0 Å². The van der Waals surface area contributed by atoms with Gasteiger partial charge >= 0.3 is 41.0 Å². The SMILES string of the molecule is C[CH2][Ru][CH2]C. The van der Waals surface area contributed by atoms with E-state index in [2.05, 4.69) is 13.8 Å². The van der Waals surface area contributed by atoms with Crippen molar-refractivity contribution in [3.05, 3.63) is 0 Å². The van der Waals surface area contributed by atoms with Crippen LogP contribution in [0.5, 0.6) is 0 Å². The summed E-state index contributed by atoms with van der Waals surface area (Å²) in [6.45, 7) is 4.50. The molecule has 1 heteroatoms. The Morgan fingerprint density at radius 2 is 1.60 bits per heavy atom. The van der Waals surface area contributed by atoms with Crippen molar-refractivity contribution in [2.75, 3.05) is 0 Å². The normalized spacial score (nSPS) is 9.20. The van der Waals surface area contributed by atoms with Crippen molar-refractivity contribution in [3.63, 3.8) is 0 Å². The average molecular weight is 159 g/mol. The first-order chi connectivity index (χ1) is 2.41. The molecule has 0 aromatic rings. The first-order valence-electron chi connectivity index (χ1n) is 1.91. The van der Waals surface area contributed by atoms with Crippen LogP contribution in [0, 0.1) is 0 Å². The van der Waals surface area contributed by atoms with Crippen LogP contribution >= 0.6 is 0 Å². The fourth-order valence-electron chi connectivity index (χ4n) is 0.177. The average Bonchev–Trinajstić information content (AvgIpc) is 1.41. The molecule has 0 nitrogen and oxygen atoms in total. The molecule has 0 fully saturated rings. The van der Waals surface area contributed by atoms with E-state index in [9.17, 15) is 0 Å². The second kappa shape index (κ2) is 4.62. The molecule has 0 heterocycles. The van der Waals surface area contributed by atoms with E-state index in [1.165, 1.54) is 10.0 Å². The number of rotatable bonds is 2. The van der Waals surface area contributed by atoms with E-state index in [0.717, 1.165) is 17.1 Å². The molecule has 5 heavy (non-hydrogen) atoms. The molecule has 0 bridgehead atoms. The molecular weight excluding hydrogens is 149 g/mol. The van der Waals surface area contributed by atoms with Gasteiger partial charge in [-0.2, -0.15) is 0 Å². The Hall–Kier alpha value is 0.623. The van der Waals surface area contributed by atoms with Crippen molar-refractivity contribution >= 4 is 0 Å². The van der Waals surface area contributed by atoms with E-state index in [4.69, 9.17) is 0 Å². The monoisotopic (exact) mass is 160 g/mol. The molecule has 0 aliphatic carbocycles. The van der Waals surface area contributed by atoms with Crippen LogP contribution in [0.25, 0.3) is 0 Å². The predicted octanol–water partition coefficient (Wildman–Crippen LogP) is 1.95. The van der Waals surface area contributed by atoms with Crippen molar-refractivity contribution in [2.24, 2.45) is 0 Å². The van der Waals surface area contributed by atoms with Crippen molar-refractivity contribution < 1.29 is 17.1 Å². The Bertz CT molecular complexity index is 11.1. The minimum absolute atomic E-state index is 0.769. The summed E-state index contributed by atoms with van der Waals surface area (Å²) < 4.78 is 0. The molecule has 0 unspecified atom stereocenters. The Balaban J connectivity index is 2.19. The van der Waals surface area contributed by atoms with E-state index in [-0.39, 0.29) is 0 Å². The Morgan fingerprint density at radius 1 is 1.20 bits per heavy atom. The molecule has 0 rings (SSSR count). The van der Waals surface area contributed by atoms with Gasteiger partial charge in [0.2, 0.25) is 0 Å². The second-order valence-corrected chi connectivity index (χ2v) is 4.00. The van der Waals surface area contributed by atoms with Gasteiger partial charge in [0.1, 0.15) is 0 Å². The topological polar surface area (TPSA) is 0 Å². The third-order valence-corrected chi connectivity index (χ3v) is 2.09. The first-order valence-corrected chi connectivity index (χ1v) is 4.37. The van der Waals surface area contributed by atoms with Crippen molar-refractivity contribution in [1.82, 2.24) is 0 Å². The van der Waals surface area contributed by atoms with Crippen LogP contribution in [-0.4, -0.2) is 0 Å². The van der Waals surface area contributed by atoms with Gasteiger partial charge in [0, 0.05) is 0 Å². The third kappa shape index (κ3) is 4.62. The summed E-state index contributed by atoms with van der Waals surface area (Å²) in [7, 11) is 0. The van der Waals surface area contributed by atoms with Gasteiger partial charge < -0.3 is 0 Å². The van der Waals surface area contributed by atoms with Gasteiger partial charge in [0.05, 0.1) is 0 Å². The fraction of sp³-hybridized carbons (Fsp3) is 1.00. The summed E-state index contributed by atoms with van der Waals surface area (Å²) in [5.41, 5.74) is 0. The molecule has 0 saturated carbocycles. The number of hydrogen-bond donors (Lipinski definition) is 0. The predicted molar refractivity (Wildman–Crippen MR) is 21.0 cm³/mol. The molecule has 0 aliphatic rings. The van der Waals surface area contributed by atoms with Gasteiger partial charge in [-0.15, -0.1) is 0 Å². The fourth-order valence-corrected chi connectivity index (χ4v) is 1.05. The van der Waals surface area contributed by atoms with Crippen molar-refractivity contribution in [3.8, 4) is 0 Å². The molecule has 0 radical (unpaired) electrons. The quantitative estimate of drug-likeness (QED) is 0.540. The van der Waals surface area contributed by atoms with Crippen LogP contribution in [-0.2, 0) is 17.1 Å². The minimum atomic E-state index is 0.769.